The summed E-state index contributed by atoms with van der Waals surface area (Å²) in [5.41, 5.74) is 9.95. The van der Waals surface area contributed by atoms with Crippen molar-refractivity contribution in [3.63, 3.8) is 0 Å². The maximum absolute atomic E-state index is 14.0. The summed E-state index contributed by atoms with van der Waals surface area (Å²) in [7, 11) is 1.56. The highest BCUT2D eigenvalue weighted by Crippen LogP contribution is 2.40. The molecule has 0 aliphatic heterocycles. The lowest BCUT2D eigenvalue weighted by atomic mass is 9.82. The third-order valence-corrected chi connectivity index (χ3v) is 6.60. The van der Waals surface area contributed by atoms with Gasteiger partial charge in [0, 0.05) is 11.6 Å². The highest BCUT2D eigenvalue weighted by Gasteiger charge is 2.36. The molecule has 2 aromatic rings. The quantitative estimate of drug-likeness (QED) is 0.771. The van der Waals surface area contributed by atoms with Gasteiger partial charge in [0.15, 0.2) is 11.6 Å². The Morgan fingerprint density at radius 1 is 1.17 bits per heavy atom. The summed E-state index contributed by atoms with van der Waals surface area (Å²) >= 11 is 0. The molecule has 0 unspecified atom stereocenters. The lowest BCUT2D eigenvalue weighted by molar-refractivity contribution is 0.198. The number of aliphatic hydroxyl groups is 1. The van der Waals surface area contributed by atoms with E-state index in [-0.39, 0.29) is 18.2 Å². The monoisotopic (exact) mass is 399 g/mol. The van der Waals surface area contributed by atoms with Crippen molar-refractivity contribution in [2.45, 2.75) is 50.0 Å². The molecular weight excluding hydrogens is 369 g/mol. The van der Waals surface area contributed by atoms with Crippen molar-refractivity contribution in [2.75, 3.05) is 20.3 Å². The van der Waals surface area contributed by atoms with Crippen LogP contribution in [0.3, 0.4) is 0 Å². The molecule has 2 aromatic carbocycles. The van der Waals surface area contributed by atoms with Crippen LogP contribution in [-0.2, 0) is 12.8 Å². The Kier molecular flexibility index (Phi) is 5.79. The Morgan fingerprint density at radius 3 is 2.79 bits per heavy atom. The van der Waals surface area contributed by atoms with Gasteiger partial charge in [0.2, 0.25) is 0 Å². The minimum absolute atomic E-state index is 0.0595. The molecule has 3 atom stereocenters. The molecule has 0 saturated heterocycles. The van der Waals surface area contributed by atoms with Crippen molar-refractivity contribution < 1.29 is 19.0 Å². The number of fused-ring (bicyclic) bond motifs is 1. The van der Waals surface area contributed by atoms with E-state index in [1.165, 1.54) is 22.8 Å². The summed E-state index contributed by atoms with van der Waals surface area (Å²) in [6.07, 6.45) is 5.76. The number of benzene rings is 2. The zero-order valence-electron chi connectivity index (χ0n) is 17.0. The first-order chi connectivity index (χ1) is 14.0. The number of hydrogen-bond acceptors (Lipinski definition) is 4. The topological polar surface area (TPSA) is 64.7 Å². The van der Waals surface area contributed by atoms with Crippen LogP contribution in [0.4, 0.5) is 4.39 Å². The van der Waals surface area contributed by atoms with Gasteiger partial charge in [-0.15, -0.1) is 0 Å². The van der Waals surface area contributed by atoms with Gasteiger partial charge < -0.3 is 20.3 Å². The van der Waals surface area contributed by atoms with Crippen molar-refractivity contribution in [1.29, 1.82) is 0 Å². The van der Waals surface area contributed by atoms with Crippen molar-refractivity contribution in [3.8, 4) is 11.5 Å². The molecular formula is C24H30FNO3. The third-order valence-electron chi connectivity index (χ3n) is 6.60. The Labute approximate surface area is 171 Å². The fourth-order valence-corrected chi connectivity index (χ4v) is 4.76. The smallest absolute Gasteiger partial charge is 0.165 e. The van der Waals surface area contributed by atoms with Gasteiger partial charge in [-0.2, -0.15) is 0 Å². The van der Waals surface area contributed by atoms with Gasteiger partial charge in [0.1, 0.15) is 5.75 Å². The number of aliphatic hydroxyl groups excluding tert-OH is 1. The molecule has 4 rings (SSSR count). The Balaban J connectivity index is 1.38. The number of methoxy groups -OCH3 is 1. The molecule has 0 amide bonds. The molecule has 156 valence electrons. The molecule has 2 aliphatic carbocycles. The highest BCUT2D eigenvalue weighted by atomic mass is 19.1. The van der Waals surface area contributed by atoms with E-state index in [9.17, 15) is 9.50 Å². The van der Waals surface area contributed by atoms with E-state index in [4.69, 9.17) is 15.2 Å². The van der Waals surface area contributed by atoms with Crippen LogP contribution >= 0.6 is 0 Å². The van der Waals surface area contributed by atoms with Crippen LogP contribution in [-0.4, -0.2) is 31.0 Å². The van der Waals surface area contributed by atoms with Crippen LogP contribution in [0.5, 0.6) is 11.5 Å². The third kappa shape index (κ3) is 4.41. The van der Waals surface area contributed by atoms with Gasteiger partial charge >= 0.3 is 0 Å². The molecule has 1 saturated carbocycles. The first-order valence-corrected chi connectivity index (χ1v) is 10.5. The molecule has 3 N–H and O–H groups in total. The summed E-state index contributed by atoms with van der Waals surface area (Å²) in [6, 6.07) is 11.4. The Bertz CT molecular complexity index is 871. The molecule has 2 aliphatic rings. The first kappa shape index (κ1) is 20.2. The molecule has 29 heavy (non-hydrogen) atoms. The summed E-state index contributed by atoms with van der Waals surface area (Å²) in [4.78, 5) is 0. The first-order valence-electron chi connectivity index (χ1n) is 10.5. The summed E-state index contributed by atoms with van der Waals surface area (Å²) in [5.74, 6) is 1.30. The number of aryl methyl sites for hydroxylation is 1. The van der Waals surface area contributed by atoms with E-state index in [2.05, 4.69) is 18.2 Å². The Morgan fingerprint density at radius 2 is 2.03 bits per heavy atom. The van der Waals surface area contributed by atoms with Crippen LogP contribution in [0, 0.1) is 11.7 Å². The van der Waals surface area contributed by atoms with Gasteiger partial charge in [0.05, 0.1) is 20.3 Å². The zero-order chi connectivity index (χ0) is 20.4. The highest BCUT2D eigenvalue weighted by molar-refractivity contribution is 5.37. The lowest BCUT2D eigenvalue weighted by Gasteiger charge is -2.26. The molecule has 4 nitrogen and oxygen atoms in total. The van der Waals surface area contributed by atoms with Gasteiger partial charge in [0.25, 0.3) is 0 Å². The average Bonchev–Trinajstić information content (AvgIpc) is 3.15. The van der Waals surface area contributed by atoms with Gasteiger partial charge in [-0.05, 0) is 79.2 Å². The second kappa shape index (κ2) is 8.33. The van der Waals surface area contributed by atoms with Crippen LogP contribution in [0.15, 0.2) is 36.4 Å². The minimum Gasteiger partial charge on any atom is -0.497 e. The minimum atomic E-state index is -0.418. The largest absolute Gasteiger partial charge is 0.497 e. The standard InChI is InChI=1S/C24H30FNO3/c1-28-21-6-7-22(25)23(12-21)29-14-16-2-3-18-11-19(5-4-17(18)10-16)20-8-9-24(26,13-20)15-27/h4-7,11-12,16,20,27H,2-3,8-10,13-15,26H2,1H3/t16-,20-,24-/m1/s1. The van der Waals surface area contributed by atoms with Crippen LogP contribution in [0.2, 0.25) is 0 Å². The maximum atomic E-state index is 14.0. The van der Waals surface area contributed by atoms with E-state index in [0.29, 0.717) is 24.2 Å². The van der Waals surface area contributed by atoms with Crippen molar-refractivity contribution >= 4 is 0 Å². The molecule has 0 heterocycles. The number of hydrogen-bond donors (Lipinski definition) is 2. The van der Waals surface area contributed by atoms with E-state index < -0.39 is 5.54 Å². The van der Waals surface area contributed by atoms with Crippen molar-refractivity contribution in [1.82, 2.24) is 0 Å². The Hall–Kier alpha value is -2.11. The molecule has 1 fully saturated rings. The van der Waals surface area contributed by atoms with Crippen molar-refractivity contribution in [3.05, 3.63) is 58.9 Å². The molecule has 0 spiro atoms. The van der Waals surface area contributed by atoms with Gasteiger partial charge in [-0.3, -0.25) is 0 Å². The van der Waals surface area contributed by atoms with Crippen molar-refractivity contribution in [2.24, 2.45) is 11.7 Å². The normalized spacial score (nSPS) is 26.2. The van der Waals surface area contributed by atoms with E-state index in [1.54, 1.807) is 19.2 Å². The van der Waals surface area contributed by atoms with Crippen LogP contribution < -0.4 is 15.2 Å². The fraction of sp³-hybridized carbons (Fsp3) is 0.500. The van der Waals surface area contributed by atoms with E-state index in [1.807, 2.05) is 0 Å². The molecule has 5 heteroatoms. The van der Waals surface area contributed by atoms with E-state index in [0.717, 1.165) is 38.5 Å². The molecule has 0 aromatic heterocycles. The van der Waals surface area contributed by atoms with Crippen LogP contribution in [0.1, 0.15) is 48.3 Å². The number of halogens is 1. The summed E-state index contributed by atoms with van der Waals surface area (Å²) < 4.78 is 24.9. The maximum Gasteiger partial charge on any atom is 0.165 e. The van der Waals surface area contributed by atoms with Gasteiger partial charge in [-0.1, -0.05) is 18.2 Å². The van der Waals surface area contributed by atoms with Crippen LogP contribution in [0.25, 0.3) is 0 Å². The number of rotatable bonds is 6. The predicted molar refractivity (Wildman–Crippen MR) is 111 cm³/mol. The lowest BCUT2D eigenvalue weighted by Crippen LogP contribution is -2.40. The van der Waals surface area contributed by atoms with E-state index >= 15 is 0 Å². The fourth-order valence-electron chi connectivity index (χ4n) is 4.76. The number of ether oxygens (including phenoxy) is 2. The molecule has 0 bridgehead atoms. The van der Waals surface area contributed by atoms with Gasteiger partial charge in [-0.25, -0.2) is 4.39 Å². The zero-order valence-corrected chi connectivity index (χ0v) is 17.0. The SMILES string of the molecule is COc1ccc(F)c(OC[C@@H]2CCc3cc([C@@H]4CC[C@](N)(CO)C4)ccc3C2)c1. The predicted octanol–water partition coefficient (Wildman–Crippen LogP) is 3.98. The second-order valence-corrected chi connectivity index (χ2v) is 8.70. The average molecular weight is 400 g/mol. The second-order valence-electron chi connectivity index (χ2n) is 8.70. The summed E-state index contributed by atoms with van der Waals surface area (Å²) in [6.45, 7) is 0.560. The molecule has 0 radical (unpaired) electrons. The summed E-state index contributed by atoms with van der Waals surface area (Å²) in [5, 5.41) is 9.52. The number of nitrogens with two attached hydrogens (primary N) is 1.